The van der Waals surface area contributed by atoms with E-state index in [1.165, 1.54) is 0 Å². The zero-order valence-corrected chi connectivity index (χ0v) is 13.1. The average Bonchev–Trinajstić information content (AvgIpc) is 2.98. The van der Waals surface area contributed by atoms with Crippen molar-refractivity contribution < 1.29 is 9.21 Å². The molecule has 1 aliphatic rings. The summed E-state index contributed by atoms with van der Waals surface area (Å²) in [5.41, 5.74) is 13.1. The molecule has 1 aliphatic heterocycles. The molecule has 0 fully saturated rings. The van der Waals surface area contributed by atoms with Gasteiger partial charge in [-0.05, 0) is 30.3 Å². The Morgan fingerprint density at radius 3 is 2.88 bits per heavy atom. The van der Waals surface area contributed by atoms with Crippen molar-refractivity contribution in [3.63, 3.8) is 0 Å². The topological polar surface area (TPSA) is 93.5 Å². The lowest BCUT2D eigenvalue weighted by Crippen LogP contribution is -2.31. The first-order valence-electron chi connectivity index (χ1n) is 7.73. The standard InChI is InChI=1S/C18H16N4O2/c1-10-7-16(23)21-22-17(10)11-5-6-14-15(9-11)24-18(20-14)12-3-2-4-13(19)8-12/h2-6,8-10H,7,19H2,1H3,(H,21,23). The highest BCUT2D eigenvalue weighted by atomic mass is 16.3. The highest BCUT2D eigenvalue weighted by Gasteiger charge is 2.22. The van der Waals surface area contributed by atoms with Gasteiger partial charge in [-0.2, -0.15) is 5.10 Å². The minimum Gasteiger partial charge on any atom is -0.436 e. The smallest absolute Gasteiger partial charge is 0.240 e. The second-order valence-electron chi connectivity index (χ2n) is 5.96. The van der Waals surface area contributed by atoms with Gasteiger partial charge in [0.05, 0.1) is 5.71 Å². The van der Waals surface area contributed by atoms with Gasteiger partial charge in [0.15, 0.2) is 5.58 Å². The molecule has 3 aromatic rings. The van der Waals surface area contributed by atoms with Crippen LogP contribution in [0.25, 0.3) is 22.6 Å². The number of nitrogens with one attached hydrogen (secondary N) is 1. The fourth-order valence-electron chi connectivity index (χ4n) is 2.88. The quantitative estimate of drug-likeness (QED) is 0.710. The van der Waals surface area contributed by atoms with Crippen molar-refractivity contribution in [1.82, 2.24) is 10.4 Å². The van der Waals surface area contributed by atoms with Crippen LogP contribution in [0.4, 0.5) is 5.69 Å². The van der Waals surface area contributed by atoms with Gasteiger partial charge >= 0.3 is 0 Å². The Bertz CT molecular complexity index is 974. The summed E-state index contributed by atoms with van der Waals surface area (Å²) in [5, 5.41) is 4.18. The van der Waals surface area contributed by atoms with Crippen LogP contribution in [0.2, 0.25) is 0 Å². The summed E-state index contributed by atoms with van der Waals surface area (Å²) < 4.78 is 5.89. The Morgan fingerprint density at radius 1 is 1.21 bits per heavy atom. The van der Waals surface area contributed by atoms with Gasteiger partial charge in [0, 0.05) is 29.2 Å². The van der Waals surface area contributed by atoms with E-state index in [4.69, 9.17) is 10.2 Å². The number of rotatable bonds is 2. The summed E-state index contributed by atoms with van der Waals surface area (Å²) in [6.45, 7) is 1.99. The number of carbonyl (C=O) groups is 1. The van der Waals surface area contributed by atoms with E-state index in [0.29, 0.717) is 23.6 Å². The van der Waals surface area contributed by atoms with E-state index < -0.39 is 0 Å². The van der Waals surface area contributed by atoms with E-state index in [1.54, 1.807) is 0 Å². The van der Waals surface area contributed by atoms with E-state index >= 15 is 0 Å². The summed E-state index contributed by atoms with van der Waals surface area (Å²) in [5.74, 6) is 0.532. The maximum Gasteiger partial charge on any atom is 0.240 e. The molecule has 0 bridgehead atoms. The number of carbonyl (C=O) groups excluding carboxylic acids is 1. The largest absolute Gasteiger partial charge is 0.436 e. The molecule has 1 aromatic heterocycles. The van der Waals surface area contributed by atoms with Gasteiger partial charge in [0.2, 0.25) is 11.8 Å². The molecule has 0 saturated carbocycles. The number of benzene rings is 2. The Balaban J connectivity index is 1.75. The Morgan fingerprint density at radius 2 is 2.08 bits per heavy atom. The molecular weight excluding hydrogens is 304 g/mol. The van der Waals surface area contributed by atoms with Crippen LogP contribution in [-0.2, 0) is 4.79 Å². The second-order valence-corrected chi connectivity index (χ2v) is 5.96. The molecule has 2 aromatic carbocycles. The maximum atomic E-state index is 11.4. The van der Waals surface area contributed by atoms with E-state index in [9.17, 15) is 4.79 Å². The van der Waals surface area contributed by atoms with Crippen molar-refractivity contribution in [3.8, 4) is 11.5 Å². The van der Waals surface area contributed by atoms with Crippen molar-refractivity contribution in [2.75, 3.05) is 5.73 Å². The van der Waals surface area contributed by atoms with Gasteiger partial charge in [-0.25, -0.2) is 10.4 Å². The Labute approximate surface area is 138 Å². The first-order valence-corrected chi connectivity index (χ1v) is 7.73. The summed E-state index contributed by atoms with van der Waals surface area (Å²) in [7, 11) is 0. The average molecular weight is 320 g/mol. The number of hydrogen-bond acceptors (Lipinski definition) is 5. The molecule has 0 spiro atoms. The van der Waals surface area contributed by atoms with Gasteiger partial charge < -0.3 is 10.2 Å². The van der Waals surface area contributed by atoms with Crippen LogP contribution in [0.5, 0.6) is 0 Å². The number of nitrogen functional groups attached to an aromatic ring is 1. The van der Waals surface area contributed by atoms with Crippen LogP contribution in [0, 0.1) is 5.92 Å². The number of anilines is 1. The molecule has 6 heteroatoms. The summed E-state index contributed by atoms with van der Waals surface area (Å²) in [4.78, 5) is 15.9. The van der Waals surface area contributed by atoms with Crippen molar-refractivity contribution in [1.29, 1.82) is 0 Å². The van der Waals surface area contributed by atoms with Gasteiger partial charge in [-0.1, -0.05) is 19.1 Å². The molecular formula is C18H16N4O2. The number of hydrogen-bond donors (Lipinski definition) is 2. The van der Waals surface area contributed by atoms with Crippen molar-refractivity contribution in [2.45, 2.75) is 13.3 Å². The van der Waals surface area contributed by atoms with Gasteiger partial charge in [-0.15, -0.1) is 0 Å². The van der Waals surface area contributed by atoms with Crippen molar-refractivity contribution in [2.24, 2.45) is 11.0 Å². The number of hydrazone groups is 1. The van der Waals surface area contributed by atoms with Crippen LogP contribution < -0.4 is 11.2 Å². The third kappa shape index (κ3) is 2.52. The van der Waals surface area contributed by atoms with Crippen molar-refractivity contribution >= 4 is 28.4 Å². The lowest BCUT2D eigenvalue weighted by atomic mass is 9.94. The Hall–Kier alpha value is -3.15. The monoisotopic (exact) mass is 320 g/mol. The maximum absolute atomic E-state index is 11.4. The zero-order valence-electron chi connectivity index (χ0n) is 13.1. The summed E-state index contributed by atoms with van der Waals surface area (Å²) in [6, 6.07) is 13.2. The van der Waals surface area contributed by atoms with Crippen LogP contribution in [0.1, 0.15) is 18.9 Å². The minimum absolute atomic E-state index is 0.0593. The van der Waals surface area contributed by atoms with Gasteiger partial charge in [-0.3, -0.25) is 4.79 Å². The predicted octanol–water partition coefficient (Wildman–Crippen LogP) is 2.94. The number of nitrogens with zero attached hydrogens (tertiary/aromatic N) is 2. The van der Waals surface area contributed by atoms with E-state index in [0.717, 1.165) is 22.4 Å². The van der Waals surface area contributed by atoms with Crippen molar-refractivity contribution in [3.05, 3.63) is 48.0 Å². The van der Waals surface area contributed by atoms with Crippen LogP contribution in [0.15, 0.2) is 52.0 Å². The minimum atomic E-state index is -0.0593. The number of aromatic nitrogens is 1. The zero-order chi connectivity index (χ0) is 16.7. The van der Waals surface area contributed by atoms with Crippen LogP contribution in [0.3, 0.4) is 0 Å². The molecule has 6 nitrogen and oxygen atoms in total. The van der Waals surface area contributed by atoms with Gasteiger partial charge in [0.1, 0.15) is 5.52 Å². The van der Waals surface area contributed by atoms with Crippen LogP contribution >= 0.6 is 0 Å². The third-order valence-electron chi connectivity index (χ3n) is 4.08. The molecule has 0 radical (unpaired) electrons. The highest BCUT2D eigenvalue weighted by Crippen LogP contribution is 2.27. The highest BCUT2D eigenvalue weighted by molar-refractivity contribution is 6.07. The fourth-order valence-corrected chi connectivity index (χ4v) is 2.88. The molecule has 0 saturated heterocycles. The predicted molar refractivity (Wildman–Crippen MR) is 92.3 cm³/mol. The molecule has 24 heavy (non-hydrogen) atoms. The molecule has 0 aliphatic carbocycles. The molecule has 3 N–H and O–H groups in total. The summed E-state index contributed by atoms with van der Waals surface area (Å²) >= 11 is 0. The normalized spacial score (nSPS) is 17.6. The first-order chi connectivity index (χ1) is 11.6. The Kier molecular flexibility index (Phi) is 3.30. The molecule has 4 rings (SSSR count). The lowest BCUT2D eigenvalue weighted by Gasteiger charge is -2.18. The fraction of sp³-hybridized carbons (Fsp3) is 0.167. The van der Waals surface area contributed by atoms with Crippen LogP contribution in [-0.4, -0.2) is 16.6 Å². The molecule has 2 heterocycles. The number of nitrogens with two attached hydrogens (primary N) is 1. The molecule has 120 valence electrons. The van der Waals surface area contributed by atoms with Gasteiger partial charge in [0.25, 0.3) is 0 Å². The molecule has 1 amide bonds. The van der Waals surface area contributed by atoms with E-state index in [-0.39, 0.29) is 11.8 Å². The molecule has 1 atom stereocenters. The number of fused-ring (bicyclic) bond motifs is 1. The molecule has 1 unspecified atom stereocenters. The van der Waals surface area contributed by atoms with E-state index in [2.05, 4.69) is 15.5 Å². The number of oxazole rings is 1. The van der Waals surface area contributed by atoms with E-state index in [1.807, 2.05) is 49.4 Å². The lowest BCUT2D eigenvalue weighted by molar-refractivity contribution is -0.121. The summed E-state index contributed by atoms with van der Waals surface area (Å²) in [6.07, 6.45) is 0.432. The third-order valence-corrected chi connectivity index (χ3v) is 4.08. The second kappa shape index (κ2) is 5.49. The number of amides is 1. The first kappa shape index (κ1) is 14.4. The SMILES string of the molecule is CC1CC(=O)NN=C1c1ccc2nc(-c3cccc(N)c3)oc2c1.